The summed E-state index contributed by atoms with van der Waals surface area (Å²) in [6.07, 6.45) is 2.03. The predicted molar refractivity (Wildman–Crippen MR) is 76.7 cm³/mol. The number of β-amino-alcohol motifs (C(OH)–C–C–N with tert-alkyl or cyclic N) is 1. The van der Waals surface area contributed by atoms with E-state index in [0.717, 1.165) is 49.2 Å². The lowest BCUT2D eigenvalue weighted by Crippen LogP contribution is -2.47. The van der Waals surface area contributed by atoms with E-state index in [4.69, 9.17) is 15.8 Å². The van der Waals surface area contributed by atoms with Crippen LogP contribution in [0.25, 0.3) is 4.96 Å². The van der Waals surface area contributed by atoms with Crippen LogP contribution in [0.5, 0.6) is 0 Å². The number of hydrogen-bond acceptors (Lipinski definition) is 6. The summed E-state index contributed by atoms with van der Waals surface area (Å²) in [5.74, 6) is 1.03. The normalized spacial score (nSPS) is 17.5. The van der Waals surface area contributed by atoms with Crippen LogP contribution in [0.3, 0.4) is 0 Å². The molecular formula is C12H19N5OS. The average molecular weight is 281 g/mol. The third-order valence-corrected chi connectivity index (χ3v) is 4.38. The molecule has 2 aromatic rings. The Morgan fingerprint density at radius 1 is 1.32 bits per heavy atom. The molecule has 1 fully saturated rings. The molecule has 3 N–H and O–H groups in total. The van der Waals surface area contributed by atoms with Gasteiger partial charge < -0.3 is 15.7 Å². The Morgan fingerprint density at radius 3 is 2.79 bits per heavy atom. The average Bonchev–Trinajstić information content (AvgIpc) is 3.00. The summed E-state index contributed by atoms with van der Waals surface area (Å²) in [5.41, 5.74) is 6.97. The van der Waals surface area contributed by atoms with Crippen molar-refractivity contribution in [3.63, 3.8) is 0 Å². The van der Waals surface area contributed by atoms with E-state index in [1.54, 1.807) is 11.3 Å². The number of piperazine rings is 1. The molecule has 3 rings (SSSR count). The van der Waals surface area contributed by atoms with Crippen LogP contribution in [-0.4, -0.2) is 58.7 Å². The summed E-state index contributed by atoms with van der Waals surface area (Å²) in [7, 11) is 0. The molecule has 1 aliphatic heterocycles. The van der Waals surface area contributed by atoms with Crippen molar-refractivity contribution < 1.29 is 5.11 Å². The first-order valence-electron chi connectivity index (χ1n) is 6.56. The minimum atomic E-state index is 0.230. The van der Waals surface area contributed by atoms with Crippen LogP contribution in [0, 0.1) is 0 Å². The summed E-state index contributed by atoms with van der Waals surface area (Å²) in [6, 6.07) is 0. The summed E-state index contributed by atoms with van der Waals surface area (Å²) in [6.45, 7) is 5.31. The van der Waals surface area contributed by atoms with E-state index in [-0.39, 0.29) is 6.61 Å². The molecule has 0 atom stereocenters. The SMILES string of the molecule is NCc1c(N2CCN(CCO)CC2)nc2sccn12. The van der Waals surface area contributed by atoms with E-state index < -0.39 is 0 Å². The number of aliphatic hydroxyl groups excluding tert-OH is 1. The van der Waals surface area contributed by atoms with Crippen molar-refractivity contribution in [3.8, 4) is 0 Å². The molecule has 0 bridgehead atoms. The van der Waals surface area contributed by atoms with Gasteiger partial charge in [0.25, 0.3) is 0 Å². The third kappa shape index (κ3) is 2.34. The number of nitrogens with zero attached hydrogens (tertiary/aromatic N) is 4. The van der Waals surface area contributed by atoms with Gasteiger partial charge in [-0.15, -0.1) is 11.3 Å². The number of thiazole rings is 1. The molecule has 0 amide bonds. The third-order valence-electron chi connectivity index (χ3n) is 3.62. The number of aromatic nitrogens is 2. The first kappa shape index (κ1) is 12.9. The van der Waals surface area contributed by atoms with Crippen molar-refractivity contribution in [2.24, 2.45) is 5.73 Å². The number of fused-ring (bicyclic) bond motifs is 1. The minimum Gasteiger partial charge on any atom is -0.395 e. The van der Waals surface area contributed by atoms with Gasteiger partial charge >= 0.3 is 0 Å². The highest BCUT2D eigenvalue weighted by atomic mass is 32.1. The summed E-state index contributed by atoms with van der Waals surface area (Å²) >= 11 is 1.64. The fraction of sp³-hybridized carbons (Fsp3) is 0.583. The van der Waals surface area contributed by atoms with Gasteiger partial charge in [0.1, 0.15) is 0 Å². The molecular weight excluding hydrogens is 262 g/mol. The first-order valence-corrected chi connectivity index (χ1v) is 7.44. The summed E-state index contributed by atoms with van der Waals surface area (Å²) in [4.78, 5) is 10.3. The molecule has 104 valence electrons. The zero-order valence-electron chi connectivity index (χ0n) is 10.8. The zero-order chi connectivity index (χ0) is 13.2. The van der Waals surface area contributed by atoms with Gasteiger partial charge in [0.05, 0.1) is 12.3 Å². The highest BCUT2D eigenvalue weighted by Crippen LogP contribution is 2.25. The Labute approximate surface area is 116 Å². The fourth-order valence-corrected chi connectivity index (χ4v) is 3.32. The van der Waals surface area contributed by atoms with Crippen LogP contribution in [0.4, 0.5) is 5.82 Å². The van der Waals surface area contributed by atoms with E-state index in [2.05, 4.69) is 14.2 Å². The molecule has 7 heteroatoms. The largest absolute Gasteiger partial charge is 0.395 e. The first-order chi connectivity index (χ1) is 9.33. The second-order valence-electron chi connectivity index (χ2n) is 4.69. The number of imidazole rings is 1. The molecule has 2 aromatic heterocycles. The van der Waals surface area contributed by atoms with E-state index in [9.17, 15) is 0 Å². The molecule has 0 aromatic carbocycles. The standard InChI is InChI=1S/C12H19N5OS/c13-9-10-11(14-12-17(10)6-8-19-12)16-3-1-15(2-4-16)5-7-18/h6,8,18H,1-5,7,9,13H2. The lowest BCUT2D eigenvalue weighted by Gasteiger charge is -2.34. The molecule has 0 radical (unpaired) electrons. The predicted octanol–water partition coefficient (Wildman–Crippen LogP) is -0.0312. The lowest BCUT2D eigenvalue weighted by molar-refractivity contribution is 0.188. The molecule has 6 nitrogen and oxygen atoms in total. The van der Waals surface area contributed by atoms with Gasteiger partial charge in [0, 0.05) is 50.8 Å². The van der Waals surface area contributed by atoms with Crippen LogP contribution in [0.2, 0.25) is 0 Å². The second kappa shape index (κ2) is 5.46. The Bertz CT molecular complexity index is 543. The Balaban J connectivity index is 1.79. The van der Waals surface area contributed by atoms with Crippen LogP contribution >= 0.6 is 11.3 Å². The molecule has 0 unspecified atom stereocenters. The topological polar surface area (TPSA) is 70.0 Å². The monoisotopic (exact) mass is 281 g/mol. The van der Waals surface area contributed by atoms with Gasteiger partial charge in [-0.25, -0.2) is 4.98 Å². The Morgan fingerprint density at radius 2 is 2.11 bits per heavy atom. The van der Waals surface area contributed by atoms with Crippen LogP contribution in [0.1, 0.15) is 5.69 Å². The quantitative estimate of drug-likeness (QED) is 0.823. The van der Waals surface area contributed by atoms with E-state index in [1.165, 1.54) is 0 Å². The van der Waals surface area contributed by atoms with Crippen molar-refractivity contribution in [1.29, 1.82) is 0 Å². The molecule has 19 heavy (non-hydrogen) atoms. The van der Waals surface area contributed by atoms with E-state index >= 15 is 0 Å². The highest BCUT2D eigenvalue weighted by Gasteiger charge is 2.22. The van der Waals surface area contributed by atoms with Crippen LogP contribution < -0.4 is 10.6 Å². The maximum Gasteiger partial charge on any atom is 0.195 e. The van der Waals surface area contributed by atoms with E-state index in [0.29, 0.717) is 6.54 Å². The molecule has 1 saturated heterocycles. The number of nitrogens with two attached hydrogens (primary N) is 1. The number of anilines is 1. The van der Waals surface area contributed by atoms with Gasteiger partial charge in [-0.3, -0.25) is 9.30 Å². The maximum atomic E-state index is 8.97. The minimum absolute atomic E-state index is 0.230. The van der Waals surface area contributed by atoms with Crippen molar-refractivity contribution in [2.45, 2.75) is 6.54 Å². The van der Waals surface area contributed by atoms with Gasteiger partial charge in [-0.1, -0.05) is 0 Å². The zero-order valence-corrected chi connectivity index (χ0v) is 11.6. The summed E-state index contributed by atoms with van der Waals surface area (Å²) < 4.78 is 2.08. The van der Waals surface area contributed by atoms with Crippen molar-refractivity contribution >= 4 is 22.1 Å². The Hall–Kier alpha value is -1.15. The Kier molecular flexibility index (Phi) is 3.69. The fourth-order valence-electron chi connectivity index (χ4n) is 2.59. The molecule has 3 heterocycles. The molecule has 0 spiro atoms. The van der Waals surface area contributed by atoms with Crippen LogP contribution in [-0.2, 0) is 6.54 Å². The van der Waals surface area contributed by atoms with Crippen molar-refractivity contribution in [3.05, 3.63) is 17.3 Å². The molecule has 0 saturated carbocycles. The van der Waals surface area contributed by atoms with Crippen molar-refractivity contribution in [1.82, 2.24) is 14.3 Å². The highest BCUT2D eigenvalue weighted by molar-refractivity contribution is 7.15. The van der Waals surface area contributed by atoms with Gasteiger partial charge in [0.2, 0.25) is 0 Å². The van der Waals surface area contributed by atoms with Gasteiger partial charge in [0.15, 0.2) is 10.8 Å². The van der Waals surface area contributed by atoms with Gasteiger partial charge in [-0.2, -0.15) is 0 Å². The van der Waals surface area contributed by atoms with Crippen molar-refractivity contribution in [2.75, 3.05) is 44.2 Å². The lowest BCUT2D eigenvalue weighted by atomic mass is 10.3. The summed E-state index contributed by atoms with van der Waals surface area (Å²) in [5, 5.41) is 11.0. The van der Waals surface area contributed by atoms with Gasteiger partial charge in [-0.05, 0) is 0 Å². The number of rotatable bonds is 4. The number of hydrogen-bond donors (Lipinski definition) is 2. The number of aliphatic hydroxyl groups is 1. The molecule has 0 aliphatic carbocycles. The molecule has 1 aliphatic rings. The smallest absolute Gasteiger partial charge is 0.195 e. The van der Waals surface area contributed by atoms with E-state index in [1.807, 2.05) is 11.6 Å². The second-order valence-corrected chi connectivity index (χ2v) is 5.57. The maximum absolute atomic E-state index is 8.97. The van der Waals surface area contributed by atoms with Crippen LogP contribution in [0.15, 0.2) is 11.6 Å².